The molecule has 0 aliphatic rings. The van der Waals surface area contributed by atoms with Crippen molar-refractivity contribution >= 4 is 57.2 Å². The first-order valence-corrected chi connectivity index (χ1v) is 8.06. The van der Waals surface area contributed by atoms with E-state index in [0.717, 1.165) is 25.5 Å². The summed E-state index contributed by atoms with van der Waals surface area (Å²) in [7, 11) is 1.82. The van der Waals surface area contributed by atoms with E-state index in [0.29, 0.717) is 0 Å². The Morgan fingerprint density at radius 2 is 2.00 bits per heavy atom. The van der Waals surface area contributed by atoms with Gasteiger partial charge in [0.05, 0.1) is 3.79 Å². The molecule has 0 saturated carbocycles. The number of rotatable bonds is 7. The lowest BCUT2D eigenvalue weighted by atomic mass is 10.2. The first kappa shape index (κ1) is 19.2. The summed E-state index contributed by atoms with van der Waals surface area (Å²) < 4.78 is 1.19. The third kappa shape index (κ3) is 8.86. The van der Waals surface area contributed by atoms with Crippen LogP contribution in [-0.2, 0) is 6.42 Å². The zero-order chi connectivity index (χ0) is 13.2. The highest BCUT2D eigenvalue weighted by Gasteiger charge is 1.99. The molecule has 19 heavy (non-hydrogen) atoms. The number of halogens is 2. The van der Waals surface area contributed by atoms with E-state index < -0.39 is 0 Å². The number of hydrogen-bond donors (Lipinski definition) is 2. The van der Waals surface area contributed by atoms with Gasteiger partial charge in [-0.05, 0) is 40.9 Å². The lowest BCUT2D eigenvalue weighted by Gasteiger charge is -2.11. The number of aliphatic imine (C=N–C) groups is 1. The van der Waals surface area contributed by atoms with Crippen molar-refractivity contribution in [2.45, 2.75) is 32.6 Å². The molecule has 3 nitrogen and oxygen atoms in total. The van der Waals surface area contributed by atoms with Crippen LogP contribution >= 0.6 is 51.2 Å². The summed E-state index contributed by atoms with van der Waals surface area (Å²) in [6, 6.07) is 4.26. The SMILES string of the molecule is CCCCCNC(=NC)NCCc1ccc(Br)s1.I. The smallest absolute Gasteiger partial charge is 0.190 e. The Kier molecular flexibility index (Phi) is 12.1. The molecule has 0 atom stereocenters. The number of guanidine groups is 1. The average molecular weight is 460 g/mol. The number of hydrogen-bond acceptors (Lipinski definition) is 2. The van der Waals surface area contributed by atoms with Gasteiger partial charge in [-0.3, -0.25) is 4.99 Å². The molecule has 0 aliphatic carbocycles. The Morgan fingerprint density at radius 1 is 1.26 bits per heavy atom. The van der Waals surface area contributed by atoms with E-state index in [9.17, 15) is 0 Å². The maximum absolute atomic E-state index is 4.21. The maximum atomic E-state index is 4.21. The molecule has 0 saturated heterocycles. The van der Waals surface area contributed by atoms with Crippen LogP contribution in [0, 0.1) is 0 Å². The Bertz CT molecular complexity index is 369. The normalized spacial score (nSPS) is 11.0. The molecule has 1 aromatic heterocycles. The summed E-state index contributed by atoms with van der Waals surface area (Å²) in [5, 5.41) is 6.66. The van der Waals surface area contributed by atoms with Crippen molar-refractivity contribution in [2.24, 2.45) is 4.99 Å². The zero-order valence-corrected chi connectivity index (χ0v) is 16.3. The van der Waals surface area contributed by atoms with Crippen LogP contribution in [0.2, 0.25) is 0 Å². The zero-order valence-electron chi connectivity index (χ0n) is 11.5. The standard InChI is InChI=1S/C13H22BrN3S.HI/c1-3-4-5-9-16-13(15-2)17-10-8-11-6-7-12(14)18-11;/h6-7H,3-5,8-10H2,1-2H3,(H2,15,16,17);1H. The van der Waals surface area contributed by atoms with Gasteiger partial charge in [0, 0.05) is 25.0 Å². The van der Waals surface area contributed by atoms with E-state index in [1.54, 1.807) is 11.3 Å². The molecule has 0 aliphatic heterocycles. The van der Waals surface area contributed by atoms with Crippen molar-refractivity contribution in [1.29, 1.82) is 0 Å². The summed E-state index contributed by atoms with van der Waals surface area (Å²) in [4.78, 5) is 5.60. The van der Waals surface area contributed by atoms with Crippen LogP contribution in [0.15, 0.2) is 20.9 Å². The third-order valence-electron chi connectivity index (χ3n) is 2.59. The van der Waals surface area contributed by atoms with Crippen LogP contribution in [0.25, 0.3) is 0 Å². The molecule has 0 fully saturated rings. The van der Waals surface area contributed by atoms with Gasteiger partial charge < -0.3 is 10.6 Å². The van der Waals surface area contributed by atoms with Crippen molar-refractivity contribution in [2.75, 3.05) is 20.1 Å². The molecule has 0 unspecified atom stereocenters. The van der Waals surface area contributed by atoms with E-state index >= 15 is 0 Å². The quantitative estimate of drug-likeness (QED) is 0.279. The number of nitrogens with zero attached hydrogens (tertiary/aromatic N) is 1. The monoisotopic (exact) mass is 459 g/mol. The molecule has 6 heteroatoms. The molecule has 110 valence electrons. The van der Waals surface area contributed by atoms with Crippen LogP contribution in [0.3, 0.4) is 0 Å². The summed E-state index contributed by atoms with van der Waals surface area (Å²) in [5.74, 6) is 0.904. The highest BCUT2D eigenvalue weighted by atomic mass is 127. The summed E-state index contributed by atoms with van der Waals surface area (Å²) >= 11 is 5.27. The second-order valence-corrected chi connectivity index (χ2v) is 6.64. The fourth-order valence-electron chi connectivity index (χ4n) is 1.59. The van der Waals surface area contributed by atoms with Gasteiger partial charge in [-0.2, -0.15) is 0 Å². The minimum atomic E-state index is 0. The molecule has 0 radical (unpaired) electrons. The second-order valence-electron chi connectivity index (χ2n) is 4.09. The van der Waals surface area contributed by atoms with Gasteiger partial charge in [0.2, 0.25) is 0 Å². The van der Waals surface area contributed by atoms with Gasteiger partial charge in [-0.1, -0.05) is 19.8 Å². The molecule has 1 rings (SSSR count). The van der Waals surface area contributed by atoms with Crippen LogP contribution in [-0.4, -0.2) is 26.1 Å². The molecule has 1 heterocycles. The number of unbranched alkanes of at least 4 members (excludes halogenated alkanes) is 2. The number of nitrogens with one attached hydrogen (secondary N) is 2. The maximum Gasteiger partial charge on any atom is 0.190 e. The van der Waals surface area contributed by atoms with Gasteiger partial charge in [-0.15, -0.1) is 35.3 Å². The van der Waals surface area contributed by atoms with E-state index in [-0.39, 0.29) is 24.0 Å². The van der Waals surface area contributed by atoms with Crippen LogP contribution in [0.4, 0.5) is 0 Å². The fraction of sp³-hybridized carbons (Fsp3) is 0.615. The Hall–Kier alpha value is 0.180. The average Bonchev–Trinajstić information content (AvgIpc) is 2.78. The van der Waals surface area contributed by atoms with Crippen LogP contribution in [0.5, 0.6) is 0 Å². The van der Waals surface area contributed by atoms with Crippen molar-refractivity contribution in [3.05, 3.63) is 20.8 Å². The first-order valence-electron chi connectivity index (χ1n) is 6.45. The minimum Gasteiger partial charge on any atom is -0.356 e. The molecular formula is C13H23BrIN3S. The van der Waals surface area contributed by atoms with Gasteiger partial charge in [-0.25, -0.2) is 0 Å². The topological polar surface area (TPSA) is 36.4 Å². The largest absolute Gasteiger partial charge is 0.356 e. The fourth-order valence-corrected chi connectivity index (χ4v) is 3.08. The van der Waals surface area contributed by atoms with E-state index in [4.69, 9.17) is 0 Å². The molecule has 2 N–H and O–H groups in total. The molecule has 0 amide bonds. The molecule has 1 aromatic rings. The summed E-state index contributed by atoms with van der Waals surface area (Å²) in [6.07, 6.45) is 4.76. The van der Waals surface area contributed by atoms with E-state index in [1.165, 1.54) is 27.9 Å². The van der Waals surface area contributed by atoms with Crippen molar-refractivity contribution < 1.29 is 0 Å². The predicted octanol–water partition coefficient (Wildman–Crippen LogP) is 4.03. The van der Waals surface area contributed by atoms with E-state index in [2.05, 4.69) is 50.6 Å². The van der Waals surface area contributed by atoms with Gasteiger partial charge >= 0.3 is 0 Å². The van der Waals surface area contributed by atoms with Crippen LogP contribution < -0.4 is 10.6 Å². The molecule has 0 bridgehead atoms. The Morgan fingerprint density at radius 3 is 2.58 bits per heavy atom. The molecular weight excluding hydrogens is 437 g/mol. The van der Waals surface area contributed by atoms with Gasteiger partial charge in [0.1, 0.15) is 0 Å². The summed E-state index contributed by atoms with van der Waals surface area (Å²) in [5.41, 5.74) is 0. The lowest BCUT2D eigenvalue weighted by molar-refractivity contribution is 0.682. The molecule has 0 aromatic carbocycles. The van der Waals surface area contributed by atoms with Crippen molar-refractivity contribution in [1.82, 2.24) is 10.6 Å². The Labute approximate surface area is 145 Å². The molecule has 0 spiro atoms. The minimum absolute atomic E-state index is 0. The highest BCUT2D eigenvalue weighted by molar-refractivity contribution is 14.0. The Balaban J connectivity index is 0.00000324. The van der Waals surface area contributed by atoms with E-state index in [1.807, 2.05) is 7.05 Å². The van der Waals surface area contributed by atoms with Crippen molar-refractivity contribution in [3.8, 4) is 0 Å². The van der Waals surface area contributed by atoms with Gasteiger partial charge in [0.25, 0.3) is 0 Å². The second kappa shape index (κ2) is 12.0. The first-order chi connectivity index (χ1) is 8.76. The van der Waals surface area contributed by atoms with Gasteiger partial charge in [0.15, 0.2) is 5.96 Å². The summed E-state index contributed by atoms with van der Waals surface area (Å²) in [6.45, 7) is 4.13. The number of thiophene rings is 1. The lowest BCUT2D eigenvalue weighted by Crippen LogP contribution is -2.38. The van der Waals surface area contributed by atoms with Crippen LogP contribution in [0.1, 0.15) is 31.1 Å². The predicted molar refractivity (Wildman–Crippen MR) is 100 cm³/mol. The third-order valence-corrected chi connectivity index (χ3v) is 4.27. The highest BCUT2D eigenvalue weighted by Crippen LogP contribution is 2.21. The van der Waals surface area contributed by atoms with Crippen molar-refractivity contribution in [3.63, 3.8) is 0 Å².